The van der Waals surface area contributed by atoms with Gasteiger partial charge in [0.05, 0.1) is 0 Å². The summed E-state index contributed by atoms with van der Waals surface area (Å²) in [6, 6.07) is 10.8. The maximum absolute atomic E-state index is 10.4. The van der Waals surface area contributed by atoms with Crippen LogP contribution in [0.2, 0.25) is 0 Å². The number of amides is 1. The van der Waals surface area contributed by atoms with Crippen molar-refractivity contribution in [3.05, 3.63) is 35.9 Å². The first kappa shape index (κ1) is 11.1. The summed E-state index contributed by atoms with van der Waals surface area (Å²) in [5, 5.41) is 2.88. The van der Waals surface area contributed by atoms with Gasteiger partial charge in [0.15, 0.2) is 0 Å². The molecule has 0 aromatic heterocycles. The number of piperidine rings is 1. The molecule has 1 aromatic carbocycles. The van der Waals surface area contributed by atoms with Gasteiger partial charge in [0, 0.05) is 19.1 Å². The predicted molar refractivity (Wildman–Crippen MR) is 63.9 cm³/mol. The second kappa shape index (κ2) is 5.66. The molecule has 1 fully saturated rings. The van der Waals surface area contributed by atoms with Crippen molar-refractivity contribution in [2.75, 3.05) is 13.1 Å². The zero-order valence-corrected chi connectivity index (χ0v) is 9.43. The number of likely N-dealkylation sites (tertiary alicyclic amines) is 1. The van der Waals surface area contributed by atoms with Crippen LogP contribution in [0.15, 0.2) is 30.3 Å². The minimum absolute atomic E-state index is 0.329. The van der Waals surface area contributed by atoms with E-state index in [2.05, 4.69) is 34.5 Å². The van der Waals surface area contributed by atoms with Crippen LogP contribution >= 0.6 is 0 Å². The molecule has 2 rings (SSSR count). The van der Waals surface area contributed by atoms with E-state index in [-0.39, 0.29) is 0 Å². The SMILES string of the molecule is O=CN[C@@H]1CCCN(Cc2ccccc2)C1. The summed E-state index contributed by atoms with van der Waals surface area (Å²) in [4.78, 5) is 12.8. The third-order valence-corrected chi connectivity index (χ3v) is 3.06. The van der Waals surface area contributed by atoms with Crippen molar-refractivity contribution in [3.8, 4) is 0 Å². The highest BCUT2D eigenvalue weighted by Gasteiger charge is 2.18. The van der Waals surface area contributed by atoms with Gasteiger partial charge in [0.25, 0.3) is 0 Å². The van der Waals surface area contributed by atoms with Crippen LogP contribution in [0.25, 0.3) is 0 Å². The van der Waals surface area contributed by atoms with Gasteiger partial charge >= 0.3 is 0 Å². The second-order valence-corrected chi connectivity index (χ2v) is 4.34. The van der Waals surface area contributed by atoms with E-state index in [1.165, 1.54) is 12.0 Å². The minimum atomic E-state index is 0.329. The highest BCUT2D eigenvalue weighted by Crippen LogP contribution is 2.13. The summed E-state index contributed by atoms with van der Waals surface area (Å²) in [6.45, 7) is 3.08. The maximum atomic E-state index is 10.4. The fraction of sp³-hybridized carbons (Fsp3) is 0.462. The molecule has 0 spiro atoms. The lowest BCUT2D eigenvalue weighted by Gasteiger charge is -2.32. The Bertz CT molecular complexity index is 326. The van der Waals surface area contributed by atoms with Gasteiger partial charge in [-0.05, 0) is 24.9 Å². The first-order valence-corrected chi connectivity index (χ1v) is 5.84. The molecule has 0 bridgehead atoms. The third kappa shape index (κ3) is 3.07. The summed E-state index contributed by atoms with van der Waals surface area (Å²) < 4.78 is 0. The fourth-order valence-electron chi connectivity index (χ4n) is 2.27. The third-order valence-electron chi connectivity index (χ3n) is 3.06. The van der Waals surface area contributed by atoms with Gasteiger partial charge in [-0.1, -0.05) is 30.3 Å². The summed E-state index contributed by atoms with van der Waals surface area (Å²) in [7, 11) is 0. The van der Waals surface area contributed by atoms with Crippen molar-refractivity contribution in [3.63, 3.8) is 0 Å². The molecule has 1 heterocycles. The van der Waals surface area contributed by atoms with Crippen LogP contribution in [-0.2, 0) is 11.3 Å². The molecule has 1 amide bonds. The maximum Gasteiger partial charge on any atom is 0.207 e. The van der Waals surface area contributed by atoms with Crippen molar-refractivity contribution in [1.82, 2.24) is 10.2 Å². The van der Waals surface area contributed by atoms with E-state index in [0.717, 1.165) is 32.5 Å². The quantitative estimate of drug-likeness (QED) is 0.775. The summed E-state index contributed by atoms with van der Waals surface area (Å²) in [5.74, 6) is 0. The van der Waals surface area contributed by atoms with E-state index in [0.29, 0.717) is 6.04 Å². The van der Waals surface area contributed by atoms with E-state index in [1.807, 2.05) is 6.07 Å². The molecule has 0 radical (unpaired) electrons. The Morgan fingerprint density at radius 3 is 2.94 bits per heavy atom. The van der Waals surface area contributed by atoms with Gasteiger partial charge < -0.3 is 5.32 Å². The molecule has 1 N–H and O–H groups in total. The zero-order valence-electron chi connectivity index (χ0n) is 9.43. The Hall–Kier alpha value is -1.35. The molecule has 1 aromatic rings. The van der Waals surface area contributed by atoms with Gasteiger partial charge in [-0.3, -0.25) is 9.69 Å². The van der Waals surface area contributed by atoms with Crippen LogP contribution in [0.4, 0.5) is 0 Å². The molecule has 1 aliphatic rings. The predicted octanol–water partition coefficient (Wildman–Crippen LogP) is 1.40. The average Bonchev–Trinajstić information content (AvgIpc) is 2.31. The van der Waals surface area contributed by atoms with Crippen molar-refractivity contribution in [1.29, 1.82) is 0 Å². The lowest BCUT2D eigenvalue weighted by molar-refractivity contribution is -0.110. The van der Waals surface area contributed by atoms with Gasteiger partial charge in [-0.15, -0.1) is 0 Å². The molecule has 0 aliphatic carbocycles. The topological polar surface area (TPSA) is 32.3 Å². The Kier molecular flexibility index (Phi) is 3.94. The average molecular weight is 218 g/mol. The molecule has 86 valence electrons. The van der Waals surface area contributed by atoms with E-state index >= 15 is 0 Å². The lowest BCUT2D eigenvalue weighted by Crippen LogP contribution is -2.44. The van der Waals surface area contributed by atoms with Crippen molar-refractivity contribution in [2.45, 2.75) is 25.4 Å². The van der Waals surface area contributed by atoms with Crippen molar-refractivity contribution in [2.24, 2.45) is 0 Å². The number of nitrogens with zero attached hydrogens (tertiary/aromatic N) is 1. The summed E-state index contributed by atoms with van der Waals surface area (Å²) in [5.41, 5.74) is 1.34. The molecule has 0 saturated carbocycles. The van der Waals surface area contributed by atoms with Crippen LogP contribution in [0.1, 0.15) is 18.4 Å². The van der Waals surface area contributed by atoms with E-state index in [1.54, 1.807) is 0 Å². The van der Waals surface area contributed by atoms with Gasteiger partial charge in [0.2, 0.25) is 6.41 Å². The van der Waals surface area contributed by atoms with Gasteiger partial charge in [-0.25, -0.2) is 0 Å². The Morgan fingerprint density at radius 1 is 1.38 bits per heavy atom. The Morgan fingerprint density at radius 2 is 2.19 bits per heavy atom. The number of carbonyl (C=O) groups is 1. The Balaban J connectivity index is 1.88. The minimum Gasteiger partial charge on any atom is -0.355 e. The molecular weight excluding hydrogens is 200 g/mol. The number of carbonyl (C=O) groups excluding carboxylic acids is 1. The molecule has 3 nitrogen and oxygen atoms in total. The lowest BCUT2D eigenvalue weighted by atomic mass is 10.1. The van der Waals surface area contributed by atoms with Gasteiger partial charge in [-0.2, -0.15) is 0 Å². The second-order valence-electron chi connectivity index (χ2n) is 4.34. The van der Waals surface area contributed by atoms with Crippen LogP contribution in [0.3, 0.4) is 0 Å². The van der Waals surface area contributed by atoms with Crippen LogP contribution < -0.4 is 5.32 Å². The van der Waals surface area contributed by atoms with Crippen LogP contribution in [0, 0.1) is 0 Å². The molecule has 1 atom stereocenters. The van der Waals surface area contributed by atoms with Crippen LogP contribution in [-0.4, -0.2) is 30.4 Å². The molecule has 0 unspecified atom stereocenters. The monoisotopic (exact) mass is 218 g/mol. The number of hydrogen-bond donors (Lipinski definition) is 1. The zero-order chi connectivity index (χ0) is 11.2. The van der Waals surface area contributed by atoms with Crippen LogP contribution in [0.5, 0.6) is 0 Å². The van der Waals surface area contributed by atoms with Gasteiger partial charge in [0.1, 0.15) is 0 Å². The number of hydrogen-bond acceptors (Lipinski definition) is 2. The molecule has 1 saturated heterocycles. The summed E-state index contributed by atoms with van der Waals surface area (Å²) >= 11 is 0. The van der Waals surface area contributed by atoms with Crippen molar-refractivity contribution < 1.29 is 4.79 Å². The molecule has 16 heavy (non-hydrogen) atoms. The standard InChI is InChI=1S/C13H18N2O/c16-11-14-13-7-4-8-15(10-13)9-12-5-2-1-3-6-12/h1-3,5-6,11,13H,4,7-10H2,(H,14,16)/t13-/m1/s1. The normalized spacial score (nSPS) is 21.6. The molecular formula is C13H18N2O. The summed E-state index contributed by atoms with van der Waals surface area (Å²) in [6.07, 6.45) is 3.08. The smallest absolute Gasteiger partial charge is 0.207 e. The number of rotatable bonds is 4. The highest BCUT2D eigenvalue weighted by molar-refractivity contribution is 5.46. The van der Waals surface area contributed by atoms with E-state index < -0.39 is 0 Å². The first-order valence-electron chi connectivity index (χ1n) is 5.84. The van der Waals surface area contributed by atoms with E-state index in [4.69, 9.17) is 0 Å². The molecule has 1 aliphatic heterocycles. The number of nitrogens with one attached hydrogen (secondary N) is 1. The highest BCUT2D eigenvalue weighted by atomic mass is 16.1. The largest absolute Gasteiger partial charge is 0.355 e. The number of benzene rings is 1. The Labute approximate surface area is 96.5 Å². The van der Waals surface area contributed by atoms with E-state index in [9.17, 15) is 4.79 Å². The molecule has 3 heteroatoms. The first-order chi connectivity index (χ1) is 7.88. The fourth-order valence-corrected chi connectivity index (χ4v) is 2.27. The van der Waals surface area contributed by atoms with Crippen molar-refractivity contribution >= 4 is 6.41 Å².